The van der Waals surface area contributed by atoms with E-state index in [1.165, 1.54) is 9.75 Å². The molecule has 0 bridgehead atoms. The van der Waals surface area contributed by atoms with Crippen molar-refractivity contribution in [3.05, 3.63) is 21.9 Å². The van der Waals surface area contributed by atoms with Gasteiger partial charge in [0.2, 0.25) is 5.91 Å². The molecular weight excluding hydrogens is 206 g/mol. The molecular formula is C12H17NOS. The minimum absolute atomic E-state index is 0.00700. The Morgan fingerprint density at radius 2 is 2.20 bits per heavy atom. The van der Waals surface area contributed by atoms with Crippen molar-refractivity contribution in [2.24, 2.45) is 0 Å². The Balaban J connectivity index is 2.05. The van der Waals surface area contributed by atoms with Crippen LogP contribution in [0.15, 0.2) is 12.1 Å². The molecule has 0 radical (unpaired) electrons. The van der Waals surface area contributed by atoms with E-state index in [4.69, 9.17) is 0 Å². The monoisotopic (exact) mass is 223 g/mol. The van der Waals surface area contributed by atoms with Gasteiger partial charge in [0.05, 0.1) is 0 Å². The lowest BCUT2D eigenvalue weighted by atomic mass is 9.95. The zero-order chi connectivity index (χ0) is 10.9. The van der Waals surface area contributed by atoms with E-state index in [9.17, 15) is 4.79 Å². The highest BCUT2D eigenvalue weighted by molar-refractivity contribution is 7.12. The van der Waals surface area contributed by atoms with Crippen LogP contribution in [0.2, 0.25) is 0 Å². The second kappa shape index (κ2) is 3.97. The quantitative estimate of drug-likeness (QED) is 0.838. The second-order valence-corrected chi connectivity index (χ2v) is 5.76. The maximum absolute atomic E-state index is 11.2. The lowest BCUT2D eigenvalue weighted by molar-refractivity contribution is -0.119. The molecule has 0 saturated carbocycles. The van der Waals surface area contributed by atoms with Gasteiger partial charge in [-0.05, 0) is 31.9 Å². The fraction of sp³-hybridized carbons (Fsp3) is 0.583. The summed E-state index contributed by atoms with van der Waals surface area (Å²) in [4.78, 5) is 14.0. The third kappa shape index (κ3) is 2.40. The average molecular weight is 223 g/mol. The zero-order valence-corrected chi connectivity index (χ0v) is 10.1. The smallest absolute Gasteiger partial charge is 0.220 e. The molecule has 1 atom stereocenters. The molecule has 1 aromatic rings. The van der Waals surface area contributed by atoms with E-state index in [-0.39, 0.29) is 11.4 Å². The molecule has 1 aromatic heterocycles. The molecule has 0 aromatic carbocycles. The first-order valence-electron chi connectivity index (χ1n) is 5.50. The lowest BCUT2D eigenvalue weighted by Crippen LogP contribution is -2.40. The summed E-state index contributed by atoms with van der Waals surface area (Å²) in [6.45, 7) is 4.32. The predicted molar refractivity (Wildman–Crippen MR) is 63.2 cm³/mol. The van der Waals surface area contributed by atoms with Gasteiger partial charge in [-0.3, -0.25) is 4.79 Å². The molecule has 2 heterocycles. The van der Waals surface area contributed by atoms with Gasteiger partial charge in [-0.2, -0.15) is 0 Å². The Morgan fingerprint density at radius 1 is 1.47 bits per heavy atom. The van der Waals surface area contributed by atoms with Gasteiger partial charge in [-0.1, -0.05) is 6.92 Å². The third-order valence-electron chi connectivity index (χ3n) is 2.98. The van der Waals surface area contributed by atoms with Gasteiger partial charge in [0, 0.05) is 28.1 Å². The number of aryl methyl sites for hydroxylation is 1. The Labute approximate surface area is 94.7 Å². The van der Waals surface area contributed by atoms with Crippen molar-refractivity contribution in [2.75, 3.05) is 0 Å². The van der Waals surface area contributed by atoms with E-state index in [1.807, 2.05) is 11.3 Å². The van der Waals surface area contributed by atoms with Crippen LogP contribution in [-0.4, -0.2) is 11.4 Å². The van der Waals surface area contributed by atoms with Crippen molar-refractivity contribution in [1.82, 2.24) is 5.32 Å². The number of carbonyl (C=O) groups is 1. The van der Waals surface area contributed by atoms with Crippen molar-refractivity contribution in [1.29, 1.82) is 0 Å². The van der Waals surface area contributed by atoms with E-state index in [1.54, 1.807) is 0 Å². The average Bonchev–Trinajstić information content (AvgIpc) is 2.74. The molecule has 1 saturated heterocycles. The van der Waals surface area contributed by atoms with Crippen LogP contribution in [0.1, 0.15) is 36.4 Å². The largest absolute Gasteiger partial charge is 0.351 e. The molecule has 1 unspecified atom stereocenters. The molecule has 0 spiro atoms. The van der Waals surface area contributed by atoms with E-state index in [0.29, 0.717) is 6.42 Å². The molecule has 0 aliphatic carbocycles. The second-order valence-electron chi connectivity index (χ2n) is 4.51. The standard InChI is InChI=1S/C12H17NOS/c1-3-9-4-5-10(15-9)8-12(2)7-6-11(14)13-12/h4-5H,3,6-8H2,1-2H3,(H,13,14). The summed E-state index contributed by atoms with van der Waals surface area (Å²) in [6, 6.07) is 4.39. The van der Waals surface area contributed by atoms with Crippen LogP contribution in [0.5, 0.6) is 0 Å². The van der Waals surface area contributed by atoms with Crippen LogP contribution in [0.25, 0.3) is 0 Å². The fourth-order valence-corrected chi connectivity index (χ4v) is 3.22. The Bertz CT molecular complexity index is 371. The minimum atomic E-state index is -0.00700. The minimum Gasteiger partial charge on any atom is -0.351 e. The Morgan fingerprint density at radius 3 is 2.73 bits per heavy atom. The first kappa shape index (κ1) is 10.7. The van der Waals surface area contributed by atoms with E-state index < -0.39 is 0 Å². The van der Waals surface area contributed by atoms with Gasteiger partial charge in [0.25, 0.3) is 0 Å². The summed E-state index contributed by atoms with van der Waals surface area (Å²) >= 11 is 1.87. The van der Waals surface area contributed by atoms with Gasteiger partial charge in [0.15, 0.2) is 0 Å². The maximum Gasteiger partial charge on any atom is 0.220 e. The van der Waals surface area contributed by atoms with E-state index in [0.717, 1.165) is 19.3 Å². The van der Waals surface area contributed by atoms with Crippen molar-refractivity contribution in [3.63, 3.8) is 0 Å². The maximum atomic E-state index is 11.2. The van der Waals surface area contributed by atoms with Crippen molar-refractivity contribution in [2.45, 2.75) is 45.1 Å². The molecule has 3 heteroatoms. The molecule has 1 amide bonds. The van der Waals surface area contributed by atoms with Crippen LogP contribution >= 0.6 is 11.3 Å². The van der Waals surface area contributed by atoms with Crippen LogP contribution in [0, 0.1) is 0 Å². The highest BCUT2D eigenvalue weighted by Gasteiger charge is 2.33. The highest BCUT2D eigenvalue weighted by Crippen LogP contribution is 2.27. The van der Waals surface area contributed by atoms with Gasteiger partial charge in [0.1, 0.15) is 0 Å². The predicted octanol–water partition coefficient (Wildman–Crippen LogP) is 2.52. The number of carbonyl (C=O) groups excluding carboxylic acids is 1. The number of amides is 1. The van der Waals surface area contributed by atoms with Crippen LogP contribution < -0.4 is 5.32 Å². The fourth-order valence-electron chi connectivity index (χ4n) is 2.08. The molecule has 2 nitrogen and oxygen atoms in total. The number of nitrogens with one attached hydrogen (secondary N) is 1. The third-order valence-corrected chi connectivity index (χ3v) is 4.20. The Kier molecular flexibility index (Phi) is 2.83. The number of rotatable bonds is 3. The van der Waals surface area contributed by atoms with Crippen molar-refractivity contribution >= 4 is 17.2 Å². The van der Waals surface area contributed by atoms with Crippen LogP contribution in [0.3, 0.4) is 0 Å². The summed E-state index contributed by atoms with van der Waals surface area (Å²) in [5.41, 5.74) is -0.00700. The highest BCUT2D eigenvalue weighted by atomic mass is 32.1. The normalized spacial score (nSPS) is 25.6. The van der Waals surface area contributed by atoms with Crippen LogP contribution in [-0.2, 0) is 17.6 Å². The van der Waals surface area contributed by atoms with E-state index in [2.05, 4.69) is 31.3 Å². The molecule has 15 heavy (non-hydrogen) atoms. The topological polar surface area (TPSA) is 29.1 Å². The number of thiophene rings is 1. The number of hydrogen-bond donors (Lipinski definition) is 1. The van der Waals surface area contributed by atoms with E-state index >= 15 is 0 Å². The Hall–Kier alpha value is -0.830. The lowest BCUT2D eigenvalue weighted by Gasteiger charge is -2.22. The van der Waals surface area contributed by atoms with Gasteiger partial charge in [-0.15, -0.1) is 11.3 Å². The number of hydrogen-bond acceptors (Lipinski definition) is 2. The summed E-state index contributed by atoms with van der Waals surface area (Å²) < 4.78 is 0. The molecule has 2 rings (SSSR count). The van der Waals surface area contributed by atoms with Gasteiger partial charge >= 0.3 is 0 Å². The first-order valence-corrected chi connectivity index (χ1v) is 6.31. The summed E-state index contributed by atoms with van der Waals surface area (Å²) in [5.74, 6) is 0.199. The molecule has 1 aliphatic rings. The summed E-state index contributed by atoms with van der Waals surface area (Å²) in [6.07, 6.45) is 3.73. The van der Waals surface area contributed by atoms with Crippen molar-refractivity contribution < 1.29 is 4.79 Å². The van der Waals surface area contributed by atoms with Crippen molar-refractivity contribution in [3.8, 4) is 0 Å². The first-order chi connectivity index (χ1) is 7.11. The molecule has 82 valence electrons. The molecule has 1 aliphatic heterocycles. The summed E-state index contributed by atoms with van der Waals surface area (Å²) in [5, 5.41) is 3.07. The molecule has 1 N–H and O–H groups in total. The SMILES string of the molecule is CCc1ccc(CC2(C)CCC(=O)N2)s1. The zero-order valence-electron chi connectivity index (χ0n) is 9.30. The summed E-state index contributed by atoms with van der Waals surface area (Å²) in [7, 11) is 0. The van der Waals surface area contributed by atoms with Crippen LogP contribution in [0.4, 0.5) is 0 Å². The van der Waals surface area contributed by atoms with Gasteiger partial charge < -0.3 is 5.32 Å². The van der Waals surface area contributed by atoms with Gasteiger partial charge in [-0.25, -0.2) is 0 Å². The molecule has 1 fully saturated rings.